The number of likely N-dealkylation sites (tertiary alicyclic amines) is 1. The number of nitrogens with one attached hydrogen (secondary N) is 2. The molecule has 3 aromatic carbocycles. The van der Waals surface area contributed by atoms with Crippen molar-refractivity contribution < 1.29 is 9.53 Å². The van der Waals surface area contributed by atoms with Crippen LogP contribution in [0.3, 0.4) is 0 Å². The summed E-state index contributed by atoms with van der Waals surface area (Å²) >= 11 is 0. The van der Waals surface area contributed by atoms with E-state index >= 15 is 0 Å². The molecule has 1 aliphatic carbocycles. The van der Waals surface area contributed by atoms with Crippen LogP contribution in [-0.2, 0) is 0 Å². The van der Waals surface area contributed by atoms with Crippen LogP contribution in [-0.4, -0.2) is 47.2 Å². The van der Waals surface area contributed by atoms with Gasteiger partial charge in [0.05, 0.1) is 17.3 Å². The van der Waals surface area contributed by atoms with E-state index in [1.807, 2.05) is 60.7 Å². The Morgan fingerprint density at radius 2 is 1.75 bits per heavy atom. The van der Waals surface area contributed by atoms with E-state index in [1.165, 1.54) is 5.56 Å². The number of nitrogens with zero attached hydrogens (tertiary/aromatic N) is 2. The van der Waals surface area contributed by atoms with E-state index in [0.717, 1.165) is 66.7 Å². The van der Waals surface area contributed by atoms with Gasteiger partial charge in [-0.1, -0.05) is 30.3 Å². The van der Waals surface area contributed by atoms with Gasteiger partial charge in [-0.3, -0.25) is 9.89 Å². The maximum absolute atomic E-state index is 13.3. The van der Waals surface area contributed by atoms with E-state index < -0.39 is 0 Å². The molecule has 36 heavy (non-hydrogen) atoms. The second kappa shape index (κ2) is 9.78. The van der Waals surface area contributed by atoms with E-state index in [1.54, 1.807) is 0 Å². The van der Waals surface area contributed by atoms with Crippen LogP contribution in [0.25, 0.3) is 22.2 Å². The molecule has 1 saturated heterocycles. The molecule has 2 N–H and O–H groups in total. The van der Waals surface area contributed by atoms with Crippen molar-refractivity contribution in [2.75, 3.05) is 20.1 Å². The third-order valence-corrected chi connectivity index (χ3v) is 7.46. The van der Waals surface area contributed by atoms with Gasteiger partial charge in [0.15, 0.2) is 0 Å². The minimum atomic E-state index is -0.0494. The molecule has 1 saturated carbocycles. The number of H-pyrrole nitrogens is 1. The molecular weight excluding hydrogens is 448 g/mol. The molecule has 0 spiro atoms. The van der Waals surface area contributed by atoms with Gasteiger partial charge in [-0.25, -0.2) is 0 Å². The molecule has 6 rings (SSSR count). The van der Waals surface area contributed by atoms with Gasteiger partial charge in [-0.05, 0) is 86.7 Å². The predicted molar refractivity (Wildman–Crippen MR) is 142 cm³/mol. The molecule has 1 atom stereocenters. The first-order valence-corrected chi connectivity index (χ1v) is 12.9. The molecule has 2 aliphatic rings. The summed E-state index contributed by atoms with van der Waals surface area (Å²) in [6, 6.07) is 24.2. The highest BCUT2D eigenvalue weighted by Gasteiger charge is 2.33. The van der Waals surface area contributed by atoms with Crippen LogP contribution in [0.5, 0.6) is 5.75 Å². The second-order valence-corrected chi connectivity index (χ2v) is 10.2. The fraction of sp³-hybridized carbons (Fsp3) is 0.333. The summed E-state index contributed by atoms with van der Waals surface area (Å²) in [6.07, 6.45) is 4.69. The van der Waals surface area contributed by atoms with Crippen LogP contribution < -0.4 is 10.1 Å². The molecule has 184 valence electrons. The topological polar surface area (TPSA) is 70.2 Å². The number of amides is 1. The smallest absolute Gasteiger partial charge is 0.251 e. The molecular formula is C30H32N4O2. The molecule has 6 nitrogen and oxygen atoms in total. The standard InChI is InChI=1S/C30H32N4O2/c1-34-17-15-25(16-18-34)36-24-12-9-22(10-13-24)29-26-19-23(11-14-27(26)32-33-29)30(35)31-28(21-7-8-21)20-5-3-2-4-6-20/h2-6,9-14,19,21,25,28H,7-8,15-18H2,1H3,(H,31,35)(H,32,33). The normalized spacial score (nSPS) is 17.7. The van der Waals surface area contributed by atoms with Gasteiger partial charge in [-0.2, -0.15) is 5.10 Å². The van der Waals surface area contributed by atoms with Crippen molar-refractivity contribution in [3.63, 3.8) is 0 Å². The van der Waals surface area contributed by atoms with Gasteiger partial charge in [-0.15, -0.1) is 0 Å². The minimum Gasteiger partial charge on any atom is -0.490 e. The highest BCUT2D eigenvalue weighted by Crippen LogP contribution is 2.41. The van der Waals surface area contributed by atoms with Crippen LogP contribution in [0.4, 0.5) is 0 Å². The molecule has 1 aliphatic heterocycles. The van der Waals surface area contributed by atoms with Crippen LogP contribution in [0.15, 0.2) is 72.8 Å². The van der Waals surface area contributed by atoms with E-state index in [0.29, 0.717) is 11.5 Å². The zero-order chi connectivity index (χ0) is 24.5. The Labute approximate surface area is 211 Å². The van der Waals surface area contributed by atoms with Crippen LogP contribution in [0.2, 0.25) is 0 Å². The first-order valence-electron chi connectivity index (χ1n) is 12.9. The maximum atomic E-state index is 13.3. The molecule has 1 aromatic heterocycles. The number of fused-ring (bicyclic) bond motifs is 1. The number of piperidine rings is 1. The second-order valence-electron chi connectivity index (χ2n) is 10.2. The Morgan fingerprint density at radius 3 is 2.47 bits per heavy atom. The van der Waals surface area contributed by atoms with E-state index in [9.17, 15) is 4.79 Å². The van der Waals surface area contributed by atoms with Crippen molar-refractivity contribution in [2.24, 2.45) is 5.92 Å². The van der Waals surface area contributed by atoms with Gasteiger partial charge in [0, 0.05) is 29.6 Å². The lowest BCUT2D eigenvalue weighted by atomic mass is 10.0. The summed E-state index contributed by atoms with van der Waals surface area (Å²) in [5.41, 5.74) is 4.56. The number of hydrogen-bond donors (Lipinski definition) is 2. The molecule has 2 heterocycles. The molecule has 4 aromatic rings. The number of aromatic nitrogens is 2. The van der Waals surface area contributed by atoms with E-state index in [-0.39, 0.29) is 18.1 Å². The lowest BCUT2D eigenvalue weighted by Gasteiger charge is -2.29. The number of hydrogen-bond acceptors (Lipinski definition) is 4. The number of carbonyl (C=O) groups is 1. The highest BCUT2D eigenvalue weighted by atomic mass is 16.5. The molecule has 0 radical (unpaired) electrons. The van der Waals surface area contributed by atoms with Crippen molar-refractivity contribution in [1.29, 1.82) is 0 Å². The lowest BCUT2D eigenvalue weighted by molar-refractivity contribution is 0.0932. The van der Waals surface area contributed by atoms with Crippen LogP contribution in [0.1, 0.15) is 47.6 Å². The maximum Gasteiger partial charge on any atom is 0.251 e. The zero-order valence-electron chi connectivity index (χ0n) is 20.6. The zero-order valence-corrected chi connectivity index (χ0v) is 20.6. The van der Waals surface area contributed by atoms with Crippen LogP contribution >= 0.6 is 0 Å². The summed E-state index contributed by atoms with van der Waals surface area (Å²) in [5, 5.41) is 11.9. The number of ether oxygens (including phenoxy) is 1. The summed E-state index contributed by atoms with van der Waals surface area (Å²) in [4.78, 5) is 15.6. The SMILES string of the molecule is CN1CCC(Oc2ccc(-c3n[nH]c4ccc(C(=O)NC(c5ccccc5)C5CC5)cc34)cc2)CC1. The number of carbonyl (C=O) groups excluding carboxylic acids is 1. The quantitative estimate of drug-likeness (QED) is 0.362. The Hall–Kier alpha value is -3.64. The number of benzene rings is 3. The first-order chi connectivity index (χ1) is 17.6. The van der Waals surface area contributed by atoms with Crippen molar-refractivity contribution in [3.05, 3.63) is 83.9 Å². The average molecular weight is 481 g/mol. The summed E-state index contributed by atoms with van der Waals surface area (Å²) < 4.78 is 6.20. The Kier molecular flexibility index (Phi) is 6.20. The van der Waals surface area contributed by atoms with Gasteiger partial charge in [0.2, 0.25) is 0 Å². The van der Waals surface area contributed by atoms with Gasteiger partial charge in [0.1, 0.15) is 11.9 Å². The largest absolute Gasteiger partial charge is 0.490 e. The Morgan fingerprint density at radius 1 is 1.00 bits per heavy atom. The minimum absolute atomic E-state index is 0.0494. The van der Waals surface area contributed by atoms with Crippen molar-refractivity contribution in [3.8, 4) is 17.0 Å². The third-order valence-electron chi connectivity index (χ3n) is 7.46. The molecule has 6 heteroatoms. The number of rotatable bonds is 7. The summed E-state index contributed by atoms with van der Waals surface area (Å²) in [6.45, 7) is 2.15. The Bertz CT molecular complexity index is 1340. The van der Waals surface area contributed by atoms with E-state index in [2.05, 4.69) is 39.6 Å². The first kappa shape index (κ1) is 22.8. The number of aromatic amines is 1. The van der Waals surface area contributed by atoms with Gasteiger partial charge in [0.25, 0.3) is 5.91 Å². The van der Waals surface area contributed by atoms with Crippen molar-refractivity contribution in [2.45, 2.75) is 37.8 Å². The fourth-order valence-electron chi connectivity index (χ4n) is 5.15. The fourth-order valence-corrected chi connectivity index (χ4v) is 5.15. The Balaban J connectivity index is 1.20. The molecule has 0 bridgehead atoms. The van der Waals surface area contributed by atoms with Crippen LogP contribution in [0, 0.1) is 5.92 Å². The van der Waals surface area contributed by atoms with Gasteiger partial charge >= 0.3 is 0 Å². The van der Waals surface area contributed by atoms with E-state index in [4.69, 9.17) is 4.74 Å². The highest BCUT2D eigenvalue weighted by molar-refractivity contribution is 6.01. The summed E-state index contributed by atoms with van der Waals surface area (Å²) in [5.74, 6) is 1.35. The van der Waals surface area contributed by atoms with Gasteiger partial charge < -0.3 is 15.0 Å². The molecule has 1 amide bonds. The molecule has 1 unspecified atom stereocenters. The van der Waals surface area contributed by atoms with Crippen molar-refractivity contribution >= 4 is 16.8 Å². The summed E-state index contributed by atoms with van der Waals surface area (Å²) in [7, 11) is 2.16. The third kappa shape index (κ3) is 4.86. The lowest BCUT2D eigenvalue weighted by Crippen LogP contribution is -2.35. The monoisotopic (exact) mass is 480 g/mol. The average Bonchev–Trinajstić information content (AvgIpc) is 3.67. The predicted octanol–water partition coefficient (Wildman–Crippen LogP) is 5.58. The molecule has 2 fully saturated rings. The van der Waals surface area contributed by atoms with Crippen molar-refractivity contribution in [1.82, 2.24) is 20.4 Å².